The summed E-state index contributed by atoms with van der Waals surface area (Å²) >= 11 is 0. The molecule has 0 aromatic heterocycles. The number of nitrogens with zero attached hydrogens (tertiary/aromatic N) is 1. The summed E-state index contributed by atoms with van der Waals surface area (Å²) in [5.74, 6) is -0.610. The number of carbonyl (C=O) groups excluding carboxylic acids is 1. The maximum absolute atomic E-state index is 12.1. The minimum Gasteiger partial charge on any atom is -0.507 e. The number of aliphatic hydroxyl groups is 1. The molecule has 0 spiro atoms. The van der Waals surface area contributed by atoms with E-state index in [2.05, 4.69) is 4.99 Å². The van der Waals surface area contributed by atoms with Crippen molar-refractivity contribution < 1.29 is 14.6 Å². The Labute approximate surface area is 134 Å². The lowest BCUT2D eigenvalue weighted by Crippen LogP contribution is -2.08. The second-order valence-electron chi connectivity index (χ2n) is 5.34. The highest BCUT2D eigenvalue weighted by molar-refractivity contribution is 6.20. The summed E-state index contributed by atoms with van der Waals surface area (Å²) in [4.78, 5) is 16.5. The summed E-state index contributed by atoms with van der Waals surface area (Å²) in [7, 11) is 0. The van der Waals surface area contributed by atoms with Crippen LogP contribution in [0, 0.1) is 0 Å². The van der Waals surface area contributed by atoms with Crippen LogP contribution in [0.25, 0.3) is 0 Å². The predicted octanol–water partition coefficient (Wildman–Crippen LogP) is 3.76. The number of cyclic esters (lactones) is 1. The average Bonchev–Trinajstić information content (AvgIpc) is 2.89. The Bertz CT molecular complexity index is 764. The monoisotopic (exact) mass is 307 g/mol. The van der Waals surface area contributed by atoms with Crippen molar-refractivity contribution in [2.75, 3.05) is 0 Å². The molecule has 0 saturated heterocycles. The third-order valence-corrected chi connectivity index (χ3v) is 3.74. The topological polar surface area (TPSA) is 58.9 Å². The third kappa shape index (κ3) is 3.16. The van der Waals surface area contributed by atoms with Crippen LogP contribution in [0.3, 0.4) is 0 Å². The first kappa shape index (κ1) is 15.0. The number of ether oxygens (including phenoxy) is 1. The van der Waals surface area contributed by atoms with Crippen molar-refractivity contribution in [3.8, 4) is 0 Å². The Morgan fingerprint density at radius 1 is 1.09 bits per heavy atom. The van der Waals surface area contributed by atoms with Gasteiger partial charge in [-0.05, 0) is 12.5 Å². The van der Waals surface area contributed by atoms with Crippen LogP contribution in [0.4, 0.5) is 0 Å². The molecule has 0 aliphatic carbocycles. The van der Waals surface area contributed by atoms with E-state index >= 15 is 0 Å². The van der Waals surface area contributed by atoms with Gasteiger partial charge in [0.1, 0.15) is 5.57 Å². The number of benzene rings is 2. The molecule has 4 nitrogen and oxygen atoms in total. The van der Waals surface area contributed by atoms with Gasteiger partial charge in [0.15, 0.2) is 11.9 Å². The van der Waals surface area contributed by atoms with Crippen LogP contribution >= 0.6 is 0 Å². The van der Waals surface area contributed by atoms with E-state index in [0.29, 0.717) is 12.3 Å². The first-order valence-corrected chi connectivity index (χ1v) is 7.41. The molecule has 2 aromatic rings. The Morgan fingerprint density at radius 3 is 2.35 bits per heavy atom. The molecule has 116 valence electrons. The fourth-order valence-corrected chi connectivity index (χ4v) is 2.52. The molecule has 1 aliphatic heterocycles. The van der Waals surface area contributed by atoms with Crippen molar-refractivity contribution in [2.24, 2.45) is 4.99 Å². The van der Waals surface area contributed by atoms with Gasteiger partial charge in [-0.15, -0.1) is 0 Å². The summed E-state index contributed by atoms with van der Waals surface area (Å²) in [5, 5.41) is 10.4. The Kier molecular flexibility index (Phi) is 4.24. The Morgan fingerprint density at radius 2 is 1.70 bits per heavy atom. The van der Waals surface area contributed by atoms with E-state index in [9.17, 15) is 9.90 Å². The number of rotatable bonds is 4. The van der Waals surface area contributed by atoms with Gasteiger partial charge >= 0.3 is 5.97 Å². The van der Waals surface area contributed by atoms with Gasteiger partial charge in [0.05, 0.1) is 12.3 Å². The van der Waals surface area contributed by atoms with Crippen molar-refractivity contribution in [3.05, 3.63) is 83.1 Å². The van der Waals surface area contributed by atoms with E-state index in [4.69, 9.17) is 4.74 Å². The first-order chi connectivity index (χ1) is 11.2. The highest BCUT2D eigenvalue weighted by Gasteiger charge is 2.36. The molecule has 1 atom stereocenters. The van der Waals surface area contributed by atoms with E-state index < -0.39 is 12.1 Å². The zero-order chi connectivity index (χ0) is 16.2. The van der Waals surface area contributed by atoms with Gasteiger partial charge in [-0.3, -0.25) is 4.99 Å². The summed E-state index contributed by atoms with van der Waals surface area (Å²) in [6, 6.07) is 18.9. The molecular formula is C19H17NO3. The highest BCUT2D eigenvalue weighted by atomic mass is 16.6. The molecule has 0 radical (unpaired) electrons. The first-order valence-electron chi connectivity index (χ1n) is 7.41. The molecule has 1 aliphatic rings. The third-order valence-electron chi connectivity index (χ3n) is 3.74. The smallest absolute Gasteiger partial charge is 0.344 e. The van der Waals surface area contributed by atoms with Gasteiger partial charge in [0, 0.05) is 5.56 Å². The quantitative estimate of drug-likeness (QED) is 0.691. The van der Waals surface area contributed by atoms with Gasteiger partial charge in [0.2, 0.25) is 0 Å². The maximum atomic E-state index is 12.1. The second kappa shape index (κ2) is 6.48. The fraction of sp³-hybridized carbons (Fsp3) is 0.158. The van der Waals surface area contributed by atoms with Crippen molar-refractivity contribution in [1.29, 1.82) is 0 Å². The molecule has 0 unspecified atom stereocenters. The SMILES string of the molecule is CC(=NCc1ccccc1)C1=C(O)[C@H](c2ccccc2)OC1=O. The summed E-state index contributed by atoms with van der Waals surface area (Å²) < 4.78 is 5.30. The molecule has 23 heavy (non-hydrogen) atoms. The Hall–Kier alpha value is -2.88. The number of esters is 1. The minimum atomic E-state index is -0.749. The van der Waals surface area contributed by atoms with Gasteiger partial charge in [-0.2, -0.15) is 0 Å². The zero-order valence-electron chi connectivity index (χ0n) is 12.8. The van der Waals surface area contributed by atoms with Crippen LogP contribution in [-0.4, -0.2) is 16.8 Å². The lowest BCUT2D eigenvalue weighted by molar-refractivity contribution is -0.140. The largest absolute Gasteiger partial charge is 0.507 e. The van der Waals surface area contributed by atoms with Crippen LogP contribution in [-0.2, 0) is 16.1 Å². The molecule has 0 amide bonds. The Balaban J connectivity index is 1.85. The number of hydrogen-bond donors (Lipinski definition) is 1. The van der Waals surface area contributed by atoms with E-state index in [1.54, 1.807) is 6.92 Å². The lowest BCUT2D eigenvalue weighted by atomic mass is 10.0. The van der Waals surface area contributed by atoms with E-state index in [1.165, 1.54) is 0 Å². The zero-order valence-corrected chi connectivity index (χ0v) is 12.8. The van der Waals surface area contributed by atoms with Crippen molar-refractivity contribution in [2.45, 2.75) is 19.6 Å². The highest BCUT2D eigenvalue weighted by Crippen LogP contribution is 2.33. The molecule has 1 heterocycles. The predicted molar refractivity (Wildman–Crippen MR) is 88.2 cm³/mol. The normalized spacial score (nSPS) is 18.2. The van der Waals surface area contributed by atoms with Gasteiger partial charge in [-0.1, -0.05) is 60.7 Å². The fourth-order valence-electron chi connectivity index (χ4n) is 2.52. The second-order valence-corrected chi connectivity index (χ2v) is 5.34. The summed E-state index contributed by atoms with van der Waals surface area (Å²) in [6.07, 6.45) is -0.749. The molecule has 1 N–H and O–H groups in total. The van der Waals surface area contributed by atoms with Crippen LogP contribution in [0.2, 0.25) is 0 Å². The van der Waals surface area contributed by atoms with Crippen molar-refractivity contribution in [3.63, 3.8) is 0 Å². The number of carbonyl (C=O) groups is 1. The van der Waals surface area contributed by atoms with Gasteiger partial charge in [0.25, 0.3) is 0 Å². The van der Waals surface area contributed by atoms with Crippen LogP contribution in [0.1, 0.15) is 24.2 Å². The van der Waals surface area contributed by atoms with Crippen molar-refractivity contribution >= 4 is 11.7 Å². The summed E-state index contributed by atoms with van der Waals surface area (Å²) in [6.45, 7) is 2.16. The molecular weight excluding hydrogens is 290 g/mol. The van der Waals surface area contributed by atoms with Gasteiger partial charge in [-0.25, -0.2) is 4.79 Å². The molecule has 0 bridgehead atoms. The molecule has 2 aromatic carbocycles. The van der Waals surface area contributed by atoms with Crippen LogP contribution in [0.15, 0.2) is 77.0 Å². The molecule has 4 heteroatoms. The average molecular weight is 307 g/mol. The number of aliphatic imine (C=N–C) groups is 1. The standard InChI is InChI=1S/C19H17NO3/c1-13(20-12-14-8-4-2-5-9-14)16-17(21)18(23-19(16)22)15-10-6-3-7-11-15/h2-11,18,21H,12H2,1H3/t18-/m0/s1. The van der Waals surface area contributed by atoms with Gasteiger partial charge < -0.3 is 9.84 Å². The van der Waals surface area contributed by atoms with E-state index in [0.717, 1.165) is 11.1 Å². The maximum Gasteiger partial charge on any atom is 0.344 e. The van der Waals surface area contributed by atoms with Crippen LogP contribution < -0.4 is 0 Å². The van der Waals surface area contributed by atoms with Crippen LogP contribution in [0.5, 0.6) is 0 Å². The van der Waals surface area contributed by atoms with E-state index in [1.807, 2.05) is 60.7 Å². The summed E-state index contributed by atoms with van der Waals surface area (Å²) in [5.41, 5.74) is 2.42. The number of hydrogen-bond acceptors (Lipinski definition) is 4. The van der Waals surface area contributed by atoms with E-state index in [-0.39, 0.29) is 11.3 Å². The molecule has 0 fully saturated rings. The van der Waals surface area contributed by atoms with Crippen molar-refractivity contribution in [1.82, 2.24) is 0 Å². The molecule has 3 rings (SSSR count). The molecule has 0 saturated carbocycles. The minimum absolute atomic E-state index is 0.0736. The lowest BCUT2D eigenvalue weighted by Gasteiger charge is -2.09. The number of aliphatic hydroxyl groups excluding tert-OH is 1.